The normalized spacial score (nSPS) is 11.5. The van der Waals surface area contributed by atoms with Gasteiger partial charge in [-0.25, -0.2) is 0 Å². The lowest BCUT2D eigenvalue weighted by Crippen LogP contribution is -2.11. The molecule has 0 unspecified atom stereocenters. The summed E-state index contributed by atoms with van der Waals surface area (Å²) in [4.78, 5) is 4.83. The van der Waals surface area contributed by atoms with Crippen LogP contribution in [-0.2, 0) is 0 Å². The highest BCUT2D eigenvalue weighted by atomic mass is 15.2. The van der Waals surface area contributed by atoms with E-state index in [1.54, 1.807) is 0 Å². The van der Waals surface area contributed by atoms with Gasteiger partial charge in [0, 0.05) is 49.7 Å². The summed E-state index contributed by atoms with van der Waals surface area (Å²) in [5.74, 6) is 0. The number of rotatable bonds is 8. The minimum atomic E-state index is 1.10. The summed E-state index contributed by atoms with van der Waals surface area (Å²) in [6, 6.07) is 90.2. The van der Waals surface area contributed by atoms with Gasteiger partial charge >= 0.3 is 0 Å². The molecule has 296 valence electrons. The van der Waals surface area contributed by atoms with Crippen LogP contribution in [-0.4, -0.2) is 4.57 Å². The molecule has 0 radical (unpaired) electrons. The molecule has 0 N–H and O–H groups in total. The zero-order valence-electron chi connectivity index (χ0n) is 34.5. The summed E-state index contributed by atoms with van der Waals surface area (Å²) < 4.78 is 2.38. The fourth-order valence-corrected chi connectivity index (χ4v) is 9.69. The van der Waals surface area contributed by atoms with E-state index in [-0.39, 0.29) is 0 Å². The van der Waals surface area contributed by atoms with Crippen molar-refractivity contribution in [2.24, 2.45) is 0 Å². The predicted octanol–water partition coefficient (Wildman–Crippen LogP) is 16.8. The molecular weight excluding hydrogens is 763 g/mol. The van der Waals surface area contributed by atoms with Crippen LogP contribution in [0.2, 0.25) is 0 Å². The molecule has 0 amide bonds. The molecule has 0 aliphatic heterocycles. The van der Waals surface area contributed by atoms with E-state index < -0.39 is 0 Å². The number of hydrogen-bond acceptors (Lipinski definition) is 2. The molecule has 12 aromatic rings. The van der Waals surface area contributed by atoms with E-state index in [0.717, 1.165) is 39.8 Å². The second kappa shape index (κ2) is 15.3. The fraction of sp³-hybridized carbons (Fsp3) is 0. The summed E-state index contributed by atoms with van der Waals surface area (Å²) in [5.41, 5.74) is 12.6. The van der Waals surface area contributed by atoms with E-state index in [2.05, 4.69) is 263 Å². The topological polar surface area (TPSA) is 11.4 Å². The van der Waals surface area contributed by atoms with Crippen LogP contribution < -0.4 is 9.80 Å². The van der Waals surface area contributed by atoms with E-state index in [0.29, 0.717) is 0 Å². The predicted molar refractivity (Wildman–Crippen MR) is 268 cm³/mol. The molecular formula is C60H41N3. The van der Waals surface area contributed by atoms with Gasteiger partial charge in [0.2, 0.25) is 0 Å². The van der Waals surface area contributed by atoms with Crippen LogP contribution in [0.1, 0.15) is 0 Å². The van der Waals surface area contributed by atoms with Gasteiger partial charge in [-0.15, -0.1) is 0 Å². The first-order valence-electron chi connectivity index (χ1n) is 21.6. The molecule has 3 nitrogen and oxygen atoms in total. The SMILES string of the molecule is c1ccc(N(c2ccc(-c3ccc(N(c4ccc5c(c4)c4ccccc4n5-c4ccccc4)c4cccc5ccccc45)c4ccccc34)cc2)c2cccc3ccccc23)cc1. The third-order valence-corrected chi connectivity index (χ3v) is 12.5. The second-order valence-electron chi connectivity index (χ2n) is 16.1. The first kappa shape index (κ1) is 36.5. The van der Waals surface area contributed by atoms with Gasteiger partial charge < -0.3 is 14.4 Å². The molecule has 63 heavy (non-hydrogen) atoms. The van der Waals surface area contributed by atoms with Gasteiger partial charge in [-0.2, -0.15) is 0 Å². The van der Waals surface area contributed by atoms with E-state index in [9.17, 15) is 0 Å². The monoisotopic (exact) mass is 803 g/mol. The maximum atomic E-state index is 2.47. The first-order valence-corrected chi connectivity index (χ1v) is 21.6. The van der Waals surface area contributed by atoms with Crippen LogP contribution in [0.15, 0.2) is 249 Å². The average Bonchev–Trinajstić information content (AvgIpc) is 3.69. The maximum Gasteiger partial charge on any atom is 0.0542 e. The minimum Gasteiger partial charge on any atom is -0.310 e. The second-order valence-corrected chi connectivity index (χ2v) is 16.1. The third-order valence-electron chi connectivity index (χ3n) is 12.5. The van der Waals surface area contributed by atoms with Crippen molar-refractivity contribution in [3.8, 4) is 16.8 Å². The van der Waals surface area contributed by atoms with Crippen molar-refractivity contribution in [1.82, 2.24) is 4.57 Å². The Labute approximate surface area is 366 Å². The third kappa shape index (κ3) is 6.21. The molecule has 0 atom stereocenters. The molecule has 0 bridgehead atoms. The zero-order valence-corrected chi connectivity index (χ0v) is 34.5. The summed E-state index contributed by atoms with van der Waals surface area (Å²) >= 11 is 0. The Bertz CT molecular complexity index is 3620. The van der Waals surface area contributed by atoms with Gasteiger partial charge in [0.1, 0.15) is 0 Å². The van der Waals surface area contributed by atoms with E-state index in [4.69, 9.17) is 0 Å². The fourth-order valence-electron chi connectivity index (χ4n) is 9.69. The summed E-state index contributed by atoms with van der Waals surface area (Å²) in [5, 5.41) is 9.66. The lowest BCUT2D eigenvalue weighted by Gasteiger charge is -2.29. The highest BCUT2D eigenvalue weighted by Gasteiger charge is 2.22. The van der Waals surface area contributed by atoms with Crippen molar-refractivity contribution >= 4 is 88.2 Å². The Morgan fingerprint density at radius 3 is 1.46 bits per heavy atom. The van der Waals surface area contributed by atoms with E-state index in [1.165, 1.54) is 65.3 Å². The smallest absolute Gasteiger partial charge is 0.0542 e. The van der Waals surface area contributed by atoms with Gasteiger partial charge in [-0.3, -0.25) is 0 Å². The number of fused-ring (bicyclic) bond motifs is 6. The molecule has 1 aromatic heterocycles. The first-order chi connectivity index (χ1) is 31.3. The molecule has 0 aliphatic rings. The minimum absolute atomic E-state index is 1.10. The van der Waals surface area contributed by atoms with Gasteiger partial charge in [-0.1, -0.05) is 170 Å². The van der Waals surface area contributed by atoms with Crippen LogP contribution in [0.3, 0.4) is 0 Å². The summed E-state index contributed by atoms with van der Waals surface area (Å²) in [7, 11) is 0. The quantitative estimate of drug-likeness (QED) is 0.152. The Hall–Kier alpha value is -8.40. The Morgan fingerprint density at radius 1 is 0.270 bits per heavy atom. The lowest BCUT2D eigenvalue weighted by atomic mass is 9.95. The number of benzene rings is 11. The van der Waals surface area contributed by atoms with Gasteiger partial charge in [0.15, 0.2) is 0 Å². The van der Waals surface area contributed by atoms with Crippen molar-refractivity contribution in [2.75, 3.05) is 9.80 Å². The van der Waals surface area contributed by atoms with Crippen LogP contribution in [0.4, 0.5) is 34.1 Å². The van der Waals surface area contributed by atoms with Crippen molar-refractivity contribution in [1.29, 1.82) is 0 Å². The van der Waals surface area contributed by atoms with Crippen molar-refractivity contribution in [3.63, 3.8) is 0 Å². The Morgan fingerprint density at radius 2 is 0.762 bits per heavy atom. The van der Waals surface area contributed by atoms with Gasteiger partial charge in [0.05, 0.1) is 28.1 Å². The Balaban J connectivity index is 1.02. The van der Waals surface area contributed by atoms with Crippen LogP contribution in [0.25, 0.3) is 70.9 Å². The Kier molecular flexibility index (Phi) is 8.83. The largest absolute Gasteiger partial charge is 0.310 e. The molecule has 0 spiro atoms. The van der Waals surface area contributed by atoms with Gasteiger partial charge in [-0.05, 0) is 106 Å². The molecule has 0 aliphatic carbocycles. The molecule has 0 saturated carbocycles. The molecule has 11 aromatic carbocycles. The average molecular weight is 804 g/mol. The number of aromatic nitrogens is 1. The maximum absolute atomic E-state index is 2.47. The molecule has 0 saturated heterocycles. The number of nitrogens with zero attached hydrogens (tertiary/aromatic N) is 3. The van der Waals surface area contributed by atoms with Gasteiger partial charge in [0.25, 0.3) is 0 Å². The van der Waals surface area contributed by atoms with Crippen LogP contribution in [0.5, 0.6) is 0 Å². The molecule has 12 rings (SSSR count). The van der Waals surface area contributed by atoms with Crippen molar-refractivity contribution in [2.45, 2.75) is 0 Å². The number of para-hydroxylation sites is 3. The van der Waals surface area contributed by atoms with E-state index in [1.807, 2.05) is 0 Å². The van der Waals surface area contributed by atoms with Crippen LogP contribution in [0, 0.1) is 0 Å². The summed E-state index contributed by atoms with van der Waals surface area (Å²) in [6.45, 7) is 0. The number of anilines is 6. The van der Waals surface area contributed by atoms with Crippen LogP contribution >= 0.6 is 0 Å². The molecule has 3 heteroatoms. The highest BCUT2D eigenvalue weighted by molar-refractivity contribution is 6.13. The highest BCUT2D eigenvalue weighted by Crippen LogP contribution is 2.46. The zero-order chi connectivity index (χ0) is 41.7. The van der Waals surface area contributed by atoms with Crippen molar-refractivity contribution in [3.05, 3.63) is 249 Å². The van der Waals surface area contributed by atoms with E-state index >= 15 is 0 Å². The molecule has 0 fully saturated rings. The summed E-state index contributed by atoms with van der Waals surface area (Å²) in [6.07, 6.45) is 0. The van der Waals surface area contributed by atoms with Crippen molar-refractivity contribution < 1.29 is 0 Å². The standard InChI is InChI=1S/C60H41N3/c1-3-21-45(22-4-1)61(56-31-15-19-42-17-7-9-25-50(42)56)47-35-33-44(34-36-47)49-38-40-59(53-28-12-11-27-52(49)53)63(57-32-16-20-43-18-8-10-26-51(43)57)48-37-39-60-55(41-48)54-29-13-14-30-58(54)62(60)46-23-5-2-6-24-46/h1-41H. The lowest BCUT2D eigenvalue weighted by molar-refractivity contribution is 1.18. The number of hydrogen-bond donors (Lipinski definition) is 0. The molecule has 1 heterocycles.